The van der Waals surface area contributed by atoms with Crippen LogP contribution in [0.25, 0.3) is 0 Å². The summed E-state index contributed by atoms with van der Waals surface area (Å²) in [7, 11) is 0. The van der Waals surface area contributed by atoms with Gasteiger partial charge in [-0.25, -0.2) is 8.78 Å². The highest BCUT2D eigenvalue weighted by Gasteiger charge is 2.40. The number of alkyl halides is 4. The average Bonchev–Trinajstić information content (AvgIpc) is 2.52. The predicted octanol–water partition coefficient (Wildman–Crippen LogP) is 2.42. The van der Waals surface area contributed by atoms with Gasteiger partial charge in [0.05, 0.1) is 6.54 Å². The zero-order chi connectivity index (χ0) is 9.90. The number of hydrogen-bond donors (Lipinski definition) is 1. The maximum Gasteiger partial charge on any atom is 0.319 e. The highest BCUT2D eigenvalue weighted by Crippen LogP contribution is 2.23. The van der Waals surface area contributed by atoms with E-state index in [9.17, 15) is 17.6 Å². The Bertz CT molecular complexity index is 154. The normalized spacial score (nSPS) is 20.1. The lowest BCUT2D eigenvalue weighted by molar-refractivity contribution is -0.126. The number of halogens is 4. The molecule has 1 rings (SSSR count). The second-order valence-electron chi connectivity index (χ2n) is 3.42. The van der Waals surface area contributed by atoms with E-state index >= 15 is 0 Å². The van der Waals surface area contributed by atoms with Gasteiger partial charge in [-0.1, -0.05) is 12.8 Å². The first kappa shape index (κ1) is 10.8. The lowest BCUT2D eigenvalue weighted by atomic mass is 10.2. The Morgan fingerprint density at radius 1 is 1.23 bits per heavy atom. The minimum absolute atomic E-state index is 0.00428. The van der Waals surface area contributed by atoms with Crippen LogP contribution in [0.4, 0.5) is 17.6 Å². The Balaban J connectivity index is 2.24. The summed E-state index contributed by atoms with van der Waals surface area (Å²) in [5.41, 5.74) is 0. The van der Waals surface area contributed by atoms with Crippen molar-refractivity contribution in [2.24, 2.45) is 0 Å². The van der Waals surface area contributed by atoms with E-state index in [0.717, 1.165) is 25.7 Å². The van der Waals surface area contributed by atoms with Gasteiger partial charge in [0, 0.05) is 6.04 Å². The van der Waals surface area contributed by atoms with E-state index in [1.54, 1.807) is 0 Å². The second-order valence-corrected chi connectivity index (χ2v) is 3.42. The molecule has 1 aliphatic carbocycles. The molecule has 0 amide bonds. The Kier molecular flexibility index (Phi) is 3.53. The van der Waals surface area contributed by atoms with E-state index in [1.807, 2.05) is 0 Å². The first-order valence-corrected chi connectivity index (χ1v) is 4.42. The summed E-state index contributed by atoms with van der Waals surface area (Å²) in [5, 5.41) is 2.47. The van der Waals surface area contributed by atoms with Crippen molar-refractivity contribution in [3.05, 3.63) is 0 Å². The van der Waals surface area contributed by atoms with Crippen molar-refractivity contribution >= 4 is 0 Å². The summed E-state index contributed by atoms with van der Waals surface area (Å²) in [6.45, 7) is -0.907. The molecule has 0 unspecified atom stereocenters. The second kappa shape index (κ2) is 4.26. The molecule has 0 spiro atoms. The topological polar surface area (TPSA) is 12.0 Å². The van der Waals surface area contributed by atoms with E-state index in [1.165, 1.54) is 0 Å². The van der Waals surface area contributed by atoms with Crippen LogP contribution in [0.2, 0.25) is 0 Å². The van der Waals surface area contributed by atoms with Crippen molar-refractivity contribution in [3.63, 3.8) is 0 Å². The summed E-state index contributed by atoms with van der Waals surface area (Å²) < 4.78 is 48.2. The lowest BCUT2D eigenvalue weighted by Crippen LogP contribution is -2.42. The Morgan fingerprint density at radius 3 is 2.23 bits per heavy atom. The van der Waals surface area contributed by atoms with Crippen LogP contribution in [-0.2, 0) is 0 Å². The molecule has 0 aromatic heterocycles. The highest BCUT2D eigenvalue weighted by atomic mass is 19.3. The molecule has 0 saturated heterocycles. The van der Waals surface area contributed by atoms with Crippen molar-refractivity contribution in [1.29, 1.82) is 0 Å². The van der Waals surface area contributed by atoms with Gasteiger partial charge in [-0.2, -0.15) is 8.78 Å². The molecule has 1 saturated carbocycles. The van der Waals surface area contributed by atoms with Crippen LogP contribution in [0, 0.1) is 0 Å². The van der Waals surface area contributed by atoms with E-state index < -0.39 is 18.9 Å². The molecule has 1 nitrogen and oxygen atoms in total. The van der Waals surface area contributed by atoms with Crippen molar-refractivity contribution in [3.8, 4) is 0 Å². The summed E-state index contributed by atoms with van der Waals surface area (Å²) in [6.07, 6.45) is 0.0653. The molecular formula is C8H13F4N. The first-order valence-electron chi connectivity index (χ1n) is 4.42. The SMILES string of the molecule is FC(F)C(F)(F)CNC1CCCC1. The highest BCUT2D eigenvalue weighted by molar-refractivity contribution is 4.79. The zero-order valence-electron chi connectivity index (χ0n) is 7.20. The van der Waals surface area contributed by atoms with Crippen LogP contribution in [0.3, 0.4) is 0 Å². The first-order chi connectivity index (χ1) is 6.02. The molecular weight excluding hydrogens is 186 g/mol. The van der Waals surface area contributed by atoms with Crippen LogP contribution in [0.1, 0.15) is 25.7 Å². The van der Waals surface area contributed by atoms with Crippen molar-refractivity contribution in [2.45, 2.75) is 44.1 Å². The lowest BCUT2D eigenvalue weighted by Gasteiger charge is -2.18. The van der Waals surface area contributed by atoms with Gasteiger partial charge in [-0.05, 0) is 12.8 Å². The molecule has 1 aliphatic rings. The summed E-state index contributed by atoms with van der Waals surface area (Å²) in [4.78, 5) is 0. The van der Waals surface area contributed by atoms with Gasteiger partial charge in [0.25, 0.3) is 0 Å². The summed E-state index contributed by atoms with van der Waals surface area (Å²) in [5.74, 6) is -3.89. The molecule has 13 heavy (non-hydrogen) atoms. The van der Waals surface area contributed by atoms with Crippen LogP contribution < -0.4 is 5.32 Å². The third kappa shape index (κ3) is 3.14. The molecule has 1 N–H and O–H groups in total. The van der Waals surface area contributed by atoms with E-state index in [4.69, 9.17) is 0 Å². The maximum atomic E-state index is 12.4. The number of rotatable bonds is 4. The third-order valence-corrected chi connectivity index (χ3v) is 2.30. The molecule has 78 valence electrons. The number of nitrogens with one attached hydrogen (secondary N) is 1. The minimum atomic E-state index is -3.89. The van der Waals surface area contributed by atoms with Gasteiger partial charge >= 0.3 is 12.3 Å². The van der Waals surface area contributed by atoms with Gasteiger partial charge < -0.3 is 5.32 Å². The smallest absolute Gasteiger partial charge is 0.308 e. The molecule has 0 radical (unpaired) electrons. The number of hydrogen-bond acceptors (Lipinski definition) is 1. The van der Waals surface area contributed by atoms with Crippen LogP contribution in [0.15, 0.2) is 0 Å². The maximum absolute atomic E-state index is 12.4. The van der Waals surface area contributed by atoms with Crippen LogP contribution >= 0.6 is 0 Å². The largest absolute Gasteiger partial charge is 0.319 e. The molecule has 0 atom stereocenters. The van der Waals surface area contributed by atoms with E-state index in [2.05, 4.69) is 5.32 Å². The monoisotopic (exact) mass is 199 g/mol. The molecule has 0 heterocycles. The van der Waals surface area contributed by atoms with Crippen molar-refractivity contribution in [2.75, 3.05) is 6.54 Å². The fourth-order valence-corrected chi connectivity index (χ4v) is 1.49. The van der Waals surface area contributed by atoms with Crippen molar-refractivity contribution in [1.82, 2.24) is 5.32 Å². The molecule has 5 heteroatoms. The Labute approximate surface area is 74.5 Å². The van der Waals surface area contributed by atoms with E-state index in [-0.39, 0.29) is 6.04 Å². The van der Waals surface area contributed by atoms with Crippen LogP contribution in [0.5, 0.6) is 0 Å². The summed E-state index contributed by atoms with van der Waals surface area (Å²) >= 11 is 0. The standard InChI is InChI=1S/C8H13F4N/c9-7(10)8(11,12)5-13-6-3-1-2-4-6/h6-7,13H,1-5H2. The van der Waals surface area contributed by atoms with Gasteiger partial charge in [-0.3, -0.25) is 0 Å². The summed E-state index contributed by atoms with van der Waals surface area (Å²) in [6, 6.07) is 0.00428. The molecule has 0 aromatic carbocycles. The zero-order valence-corrected chi connectivity index (χ0v) is 7.20. The quantitative estimate of drug-likeness (QED) is 0.685. The Morgan fingerprint density at radius 2 is 1.77 bits per heavy atom. The third-order valence-electron chi connectivity index (χ3n) is 2.30. The fourth-order valence-electron chi connectivity index (χ4n) is 1.49. The predicted molar refractivity (Wildman–Crippen MR) is 41.2 cm³/mol. The van der Waals surface area contributed by atoms with Gasteiger partial charge in [0.15, 0.2) is 0 Å². The average molecular weight is 199 g/mol. The molecule has 0 aromatic rings. The Hall–Kier alpha value is -0.320. The fraction of sp³-hybridized carbons (Fsp3) is 1.00. The molecule has 0 aliphatic heterocycles. The van der Waals surface area contributed by atoms with E-state index in [0.29, 0.717) is 0 Å². The van der Waals surface area contributed by atoms with Gasteiger partial charge in [0.2, 0.25) is 0 Å². The van der Waals surface area contributed by atoms with Crippen LogP contribution in [-0.4, -0.2) is 24.9 Å². The van der Waals surface area contributed by atoms with Gasteiger partial charge in [0.1, 0.15) is 0 Å². The van der Waals surface area contributed by atoms with Gasteiger partial charge in [-0.15, -0.1) is 0 Å². The molecule has 0 bridgehead atoms. The molecule has 1 fully saturated rings. The van der Waals surface area contributed by atoms with Crippen molar-refractivity contribution < 1.29 is 17.6 Å². The minimum Gasteiger partial charge on any atom is -0.308 e.